The molecule has 2 saturated heterocycles. The van der Waals surface area contributed by atoms with Gasteiger partial charge in [-0.05, 0) is 13.3 Å². The zero-order valence-electron chi connectivity index (χ0n) is 20.5. The van der Waals surface area contributed by atoms with E-state index in [-0.39, 0.29) is 17.6 Å². The number of aliphatic carboxylic acids is 1. The third kappa shape index (κ3) is 5.31. The number of rotatable bonds is 7. The Morgan fingerprint density at radius 3 is 2.21 bits per heavy atom. The molecule has 0 radical (unpaired) electrons. The maximum atomic E-state index is 12.2. The lowest BCUT2D eigenvalue weighted by molar-refractivity contribution is -0.351. The smallest absolute Gasteiger partial charge is 0.337 e. The summed E-state index contributed by atoms with van der Waals surface area (Å²) in [6, 6.07) is 0. The first kappa shape index (κ1) is 28.8. The highest BCUT2D eigenvalue weighted by Gasteiger charge is 2.51. The van der Waals surface area contributed by atoms with Gasteiger partial charge in [0.25, 0.3) is 0 Å². The van der Waals surface area contributed by atoms with Crippen LogP contribution in [0, 0.1) is 11.8 Å². The molecule has 2 fully saturated rings. The first-order valence-corrected chi connectivity index (χ1v) is 12.0. The van der Waals surface area contributed by atoms with Crippen molar-refractivity contribution in [3.63, 3.8) is 0 Å². The molecule has 0 saturated carbocycles. The number of carboxylic acids is 1. The van der Waals surface area contributed by atoms with E-state index in [1.807, 2.05) is 0 Å². The predicted octanol–water partition coefficient (Wildman–Crippen LogP) is -3.28. The number of methoxy groups -OCH3 is 1. The summed E-state index contributed by atoms with van der Waals surface area (Å²) in [5.41, 5.74) is 0.0165. The number of carboxylic acid groups (broad SMARTS) is 1. The van der Waals surface area contributed by atoms with Crippen LogP contribution in [0.2, 0.25) is 0 Å². The molecule has 15 nitrogen and oxygen atoms in total. The van der Waals surface area contributed by atoms with E-state index in [9.17, 15) is 45.3 Å². The van der Waals surface area contributed by atoms with Gasteiger partial charge in [0.1, 0.15) is 42.7 Å². The third-order valence-electron chi connectivity index (χ3n) is 7.24. The van der Waals surface area contributed by atoms with Gasteiger partial charge in [0.15, 0.2) is 12.6 Å². The molecule has 0 bridgehead atoms. The topological polar surface area (TPSA) is 231 Å². The molecule has 38 heavy (non-hydrogen) atoms. The average molecular weight is 548 g/mol. The van der Waals surface area contributed by atoms with Crippen molar-refractivity contribution >= 4 is 11.9 Å². The van der Waals surface area contributed by atoms with Crippen LogP contribution in [-0.2, 0) is 38.0 Å². The van der Waals surface area contributed by atoms with Gasteiger partial charge in [-0.25, -0.2) is 9.59 Å². The molecule has 214 valence electrons. The molecule has 0 aromatic rings. The van der Waals surface area contributed by atoms with Gasteiger partial charge in [0, 0.05) is 11.5 Å². The number of carbonyl (C=O) groups excluding carboxylic acids is 1. The van der Waals surface area contributed by atoms with E-state index in [1.165, 1.54) is 20.1 Å². The lowest BCUT2D eigenvalue weighted by Gasteiger charge is -2.44. The van der Waals surface area contributed by atoms with E-state index in [0.29, 0.717) is 0 Å². The van der Waals surface area contributed by atoms with Crippen molar-refractivity contribution in [1.29, 1.82) is 0 Å². The number of aliphatic hydroxyl groups excluding tert-OH is 6. The van der Waals surface area contributed by atoms with Crippen LogP contribution in [0.15, 0.2) is 23.5 Å². The van der Waals surface area contributed by atoms with Crippen molar-refractivity contribution in [2.75, 3.05) is 13.7 Å². The highest BCUT2D eigenvalue weighted by atomic mass is 16.8. The fraction of sp³-hybridized carbons (Fsp3) is 0.739. The lowest BCUT2D eigenvalue weighted by atomic mass is 9.83. The number of ether oxygens (including phenoxy) is 6. The van der Waals surface area contributed by atoms with Gasteiger partial charge in [-0.2, -0.15) is 0 Å². The Morgan fingerprint density at radius 1 is 0.895 bits per heavy atom. The molecule has 13 atom stereocenters. The highest BCUT2D eigenvalue weighted by molar-refractivity contribution is 5.92. The number of hydrogen-bond donors (Lipinski definition) is 7. The van der Waals surface area contributed by atoms with Crippen LogP contribution in [0.25, 0.3) is 0 Å². The number of aliphatic hydroxyl groups is 6. The number of hydrogen-bond acceptors (Lipinski definition) is 14. The highest BCUT2D eigenvalue weighted by Crippen LogP contribution is 2.44. The Balaban J connectivity index is 1.47. The van der Waals surface area contributed by atoms with Gasteiger partial charge in [-0.1, -0.05) is 6.08 Å². The van der Waals surface area contributed by atoms with Crippen LogP contribution in [0.5, 0.6) is 0 Å². The fourth-order valence-corrected chi connectivity index (χ4v) is 5.03. The molecular weight excluding hydrogens is 516 g/mol. The summed E-state index contributed by atoms with van der Waals surface area (Å²) in [7, 11) is 1.17. The number of allylic oxidation sites excluding steroid dienone is 1. The maximum absolute atomic E-state index is 12.2. The minimum Gasteiger partial charge on any atom is -0.478 e. The van der Waals surface area contributed by atoms with Crippen LogP contribution in [0.3, 0.4) is 0 Å². The van der Waals surface area contributed by atoms with Crippen LogP contribution < -0.4 is 0 Å². The Bertz CT molecular complexity index is 951. The van der Waals surface area contributed by atoms with E-state index >= 15 is 0 Å². The molecule has 15 heteroatoms. The van der Waals surface area contributed by atoms with Crippen molar-refractivity contribution in [3.8, 4) is 0 Å². The molecule has 0 unspecified atom stereocenters. The fourth-order valence-electron chi connectivity index (χ4n) is 5.03. The van der Waals surface area contributed by atoms with E-state index in [4.69, 9.17) is 28.4 Å². The van der Waals surface area contributed by atoms with Crippen LogP contribution in [0.1, 0.15) is 13.3 Å². The summed E-state index contributed by atoms with van der Waals surface area (Å²) >= 11 is 0. The summed E-state index contributed by atoms with van der Waals surface area (Å²) in [6.45, 7) is 0.943. The number of carbonyl (C=O) groups is 2. The van der Waals surface area contributed by atoms with Gasteiger partial charge in [0.05, 0.1) is 37.6 Å². The predicted molar refractivity (Wildman–Crippen MR) is 118 cm³/mol. The first-order chi connectivity index (χ1) is 18.0. The molecule has 1 aliphatic carbocycles. The largest absolute Gasteiger partial charge is 0.478 e. The van der Waals surface area contributed by atoms with Crippen LogP contribution in [-0.4, -0.2) is 129 Å². The first-order valence-electron chi connectivity index (χ1n) is 12.0. The second-order valence-corrected chi connectivity index (χ2v) is 9.57. The zero-order valence-corrected chi connectivity index (χ0v) is 20.5. The van der Waals surface area contributed by atoms with E-state index < -0.39 is 98.1 Å². The molecule has 0 amide bonds. The number of esters is 1. The van der Waals surface area contributed by atoms with Crippen molar-refractivity contribution in [2.24, 2.45) is 11.8 Å². The van der Waals surface area contributed by atoms with E-state index in [2.05, 4.69) is 0 Å². The maximum Gasteiger partial charge on any atom is 0.337 e. The molecule has 4 aliphatic rings. The van der Waals surface area contributed by atoms with Gasteiger partial charge >= 0.3 is 11.9 Å². The van der Waals surface area contributed by atoms with E-state index in [0.717, 1.165) is 6.26 Å². The Hall–Kier alpha value is -2.18. The molecule has 0 aromatic heterocycles. The third-order valence-corrected chi connectivity index (χ3v) is 7.24. The summed E-state index contributed by atoms with van der Waals surface area (Å²) in [4.78, 5) is 24.0. The minimum absolute atomic E-state index is 0.0847. The van der Waals surface area contributed by atoms with Gasteiger partial charge in [-0.15, -0.1) is 0 Å². The summed E-state index contributed by atoms with van der Waals surface area (Å²) in [6.07, 6.45) is -13.7. The standard InChI is InChI=1S/C23H32O15/c1-7-13(24)15(26)17(28)22(36-7)35-6-11-14(25)16(27)18(29)23(37-11)38-21-12-8(3-4-9(12)19(30)31)10(5-34-21)20(32)33-2/h4-5,7-8,11-18,21-29H,3,6H2,1-2H3,(H,30,31)/t7-,8-,11+,12+,13-,14+,15+,16-,17+,18+,21+,22+,23-/m0/s1. The summed E-state index contributed by atoms with van der Waals surface area (Å²) in [5.74, 6) is -3.61. The lowest BCUT2D eigenvalue weighted by Crippen LogP contribution is -2.61. The second kappa shape index (κ2) is 11.5. The minimum atomic E-state index is -1.79. The van der Waals surface area contributed by atoms with Gasteiger partial charge in [-0.3, -0.25) is 0 Å². The zero-order chi connectivity index (χ0) is 27.9. The molecule has 3 heterocycles. The van der Waals surface area contributed by atoms with Crippen molar-refractivity contribution in [2.45, 2.75) is 81.0 Å². The van der Waals surface area contributed by atoms with Crippen molar-refractivity contribution < 1.29 is 73.8 Å². The molecule has 0 spiro atoms. The van der Waals surface area contributed by atoms with Crippen LogP contribution in [0.4, 0.5) is 0 Å². The Morgan fingerprint density at radius 2 is 1.55 bits per heavy atom. The number of fused-ring (bicyclic) bond motifs is 1. The summed E-state index contributed by atoms with van der Waals surface area (Å²) in [5, 5.41) is 70.9. The second-order valence-electron chi connectivity index (χ2n) is 9.57. The summed E-state index contributed by atoms with van der Waals surface area (Å²) < 4.78 is 32.4. The molecule has 4 rings (SSSR count). The molecular formula is C23H32O15. The Kier molecular flexibility index (Phi) is 8.73. The quantitative estimate of drug-likeness (QED) is 0.155. The van der Waals surface area contributed by atoms with Crippen LogP contribution >= 0.6 is 0 Å². The molecule has 3 aliphatic heterocycles. The Labute approximate surface area is 216 Å². The monoisotopic (exact) mass is 548 g/mol. The average Bonchev–Trinajstić information content (AvgIpc) is 3.35. The van der Waals surface area contributed by atoms with Gasteiger partial charge in [0.2, 0.25) is 6.29 Å². The van der Waals surface area contributed by atoms with Crippen molar-refractivity contribution in [3.05, 3.63) is 23.5 Å². The SMILES string of the molecule is COC(=O)C1=CO[C@H](O[C@@H]2O[C@H](CO[C@@H]3O[C@@H](C)[C@H](O)[C@@H](O)[C@H]3O)[C@@H](O)[C@H](O)[C@H]2O)[C@H]2C(C(=O)O)=CC[C@@H]12. The molecule has 7 N–H and O–H groups in total. The van der Waals surface area contributed by atoms with E-state index in [1.54, 1.807) is 0 Å². The molecule has 0 aromatic carbocycles. The van der Waals surface area contributed by atoms with Crippen molar-refractivity contribution in [1.82, 2.24) is 0 Å². The normalized spacial score (nSPS) is 44.9. The van der Waals surface area contributed by atoms with Gasteiger partial charge < -0.3 is 64.2 Å².